The van der Waals surface area contributed by atoms with Gasteiger partial charge in [-0.1, -0.05) is 43.7 Å². The molecule has 0 fully saturated rings. The fourth-order valence-electron chi connectivity index (χ4n) is 3.66. The van der Waals surface area contributed by atoms with Crippen LogP contribution in [0.5, 0.6) is 0 Å². The SMILES string of the molecule is CCCCNc1nc2sc3c(c2c(=O)n1Cc1ccccc1)CCCC3. The maximum atomic E-state index is 13.4. The zero-order valence-electron chi connectivity index (χ0n) is 15.3. The Kier molecular flexibility index (Phi) is 5.07. The first-order valence-corrected chi connectivity index (χ1v) is 10.4. The van der Waals surface area contributed by atoms with Crippen LogP contribution >= 0.6 is 11.3 Å². The lowest BCUT2D eigenvalue weighted by Crippen LogP contribution is -2.26. The monoisotopic (exact) mass is 367 g/mol. The molecule has 0 atom stereocenters. The third-order valence-electron chi connectivity index (χ3n) is 5.07. The Morgan fingerprint density at radius 2 is 2.00 bits per heavy atom. The van der Waals surface area contributed by atoms with E-state index in [0.29, 0.717) is 12.5 Å². The summed E-state index contributed by atoms with van der Waals surface area (Å²) in [6.07, 6.45) is 6.69. The lowest BCUT2D eigenvalue weighted by atomic mass is 9.97. The molecule has 0 saturated carbocycles. The predicted molar refractivity (Wildman–Crippen MR) is 109 cm³/mol. The van der Waals surface area contributed by atoms with Gasteiger partial charge < -0.3 is 5.32 Å². The van der Waals surface area contributed by atoms with Crippen LogP contribution in [0.25, 0.3) is 10.2 Å². The molecule has 2 aromatic heterocycles. The highest BCUT2D eigenvalue weighted by Crippen LogP contribution is 2.34. The standard InChI is InChI=1S/C21H25N3OS/c1-2-3-13-22-21-23-19-18(16-11-7-8-12-17(16)26-19)20(25)24(21)14-15-9-5-4-6-10-15/h4-6,9-10H,2-3,7-8,11-14H2,1H3,(H,22,23). The van der Waals surface area contributed by atoms with Gasteiger partial charge in [0.05, 0.1) is 11.9 Å². The molecule has 4 nitrogen and oxygen atoms in total. The van der Waals surface area contributed by atoms with Gasteiger partial charge in [0.1, 0.15) is 4.83 Å². The summed E-state index contributed by atoms with van der Waals surface area (Å²) in [5.74, 6) is 0.707. The zero-order valence-corrected chi connectivity index (χ0v) is 16.1. The highest BCUT2D eigenvalue weighted by molar-refractivity contribution is 7.18. The molecule has 2 heterocycles. The summed E-state index contributed by atoms with van der Waals surface area (Å²) in [7, 11) is 0. The van der Waals surface area contributed by atoms with E-state index in [1.54, 1.807) is 11.3 Å². The number of aryl methyl sites for hydroxylation is 2. The number of nitrogens with zero attached hydrogens (tertiary/aromatic N) is 2. The number of rotatable bonds is 6. The van der Waals surface area contributed by atoms with E-state index in [1.165, 1.54) is 23.3 Å². The highest BCUT2D eigenvalue weighted by atomic mass is 32.1. The molecule has 0 radical (unpaired) electrons. The van der Waals surface area contributed by atoms with Gasteiger partial charge in [0.25, 0.3) is 5.56 Å². The smallest absolute Gasteiger partial charge is 0.264 e. The predicted octanol–water partition coefficient (Wildman–Crippen LogP) is 4.60. The third-order valence-corrected chi connectivity index (χ3v) is 6.26. The maximum absolute atomic E-state index is 13.4. The fraction of sp³-hybridized carbons (Fsp3) is 0.429. The minimum atomic E-state index is 0.109. The van der Waals surface area contributed by atoms with E-state index in [0.717, 1.165) is 48.0 Å². The lowest BCUT2D eigenvalue weighted by molar-refractivity contribution is 0.697. The average molecular weight is 368 g/mol. The van der Waals surface area contributed by atoms with Gasteiger partial charge in [0.15, 0.2) is 0 Å². The van der Waals surface area contributed by atoms with Gasteiger partial charge in [-0.15, -0.1) is 11.3 Å². The summed E-state index contributed by atoms with van der Waals surface area (Å²) in [6, 6.07) is 10.2. The second kappa shape index (κ2) is 7.62. The Hall–Kier alpha value is -2.14. The van der Waals surface area contributed by atoms with E-state index >= 15 is 0 Å². The Morgan fingerprint density at radius 3 is 2.81 bits per heavy atom. The normalized spacial score (nSPS) is 13.7. The Morgan fingerprint density at radius 1 is 1.19 bits per heavy atom. The Labute approximate surface area is 157 Å². The molecular formula is C21H25N3OS. The maximum Gasteiger partial charge on any atom is 0.264 e. The van der Waals surface area contributed by atoms with E-state index < -0.39 is 0 Å². The first-order valence-electron chi connectivity index (χ1n) is 9.61. The van der Waals surface area contributed by atoms with E-state index in [1.807, 2.05) is 22.8 Å². The van der Waals surface area contributed by atoms with Gasteiger partial charge in [-0.25, -0.2) is 4.98 Å². The van der Waals surface area contributed by atoms with Crippen LogP contribution in [0.2, 0.25) is 0 Å². The van der Waals surface area contributed by atoms with Crippen molar-refractivity contribution in [2.24, 2.45) is 0 Å². The van der Waals surface area contributed by atoms with Gasteiger partial charge in [-0.05, 0) is 43.2 Å². The summed E-state index contributed by atoms with van der Waals surface area (Å²) >= 11 is 1.72. The zero-order chi connectivity index (χ0) is 17.9. The third kappa shape index (κ3) is 3.28. The number of aromatic nitrogens is 2. The van der Waals surface area contributed by atoms with Crippen LogP contribution in [0.1, 0.15) is 48.6 Å². The summed E-state index contributed by atoms with van der Waals surface area (Å²) in [6.45, 7) is 3.57. The van der Waals surface area contributed by atoms with Crippen molar-refractivity contribution in [3.8, 4) is 0 Å². The van der Waals surface area contributed by atoms with E-state index in [4.69, 9.17) is 4.98 Å². The topological polar surface area (TPSA) is 46.9 Å². The Bertz CT molecular complexity index is 959. The minimum absolute atomic E-state index is 0.109. The first-order chi connectivity index (χ1) is 12.8. The van der Waals surface area contributed by atoms with Crippen molar-refractivity contribution >= 4 is 27.5 Å². The number of hydrogen-bond acceptors (Lipinski definition) is 4. The van der Waals surface area contributed by atoms with Crippen molar-refractivity contribution in [2.75, 3.05) is 11.9 Å². The molecule has 3 aromatic rings. The summed E-state index contributed by atoms with van der Waals surface area (Å²) in [4.78, 5) is 20.6. The number of unbranched alkanes of at least 4 members (excludes halogenated alkanes) is 1. The molecule has 0 unspecified atom stereocenters. The minimum Gasteiger partial charge on any atom is -0.356 e. The van der Waals surface area contributed by atoms with E-state index in [-0.39, 0.29) is 5.56 Å². The van der Waals surface area contributed by atoms with Crippen LogP contribution in [0.4, 0.5) is 5.95 Å². The van der Waals surface area contributed by atoms with Gasteiger partial charge in [-0.3, -0.25) is 9.36 Å². The number of anilines is 1. The molecule has 0 amide bonds. The number of thiophene rings is 1. The number of hydrogen-bond donors (Lipinski definition) is 1. The van der Waals surface area contributed by atoms with Crippen molar-refractivity contribution in [1.29, 1.82) is 0 Å². The summed E-state index contributed by atoms with van der Waals surface area (Å²) in [5.41, 5.74) is 2.49. The summed E-state index contributed by atoms with van der Waals surface area (Å²) in [5, 5.41) is 4.27. The fourth-order valence-corrected chi connectivity index (χ4v) is 4.91. The van der Waals surface area contributed by atoms with Crippen LogP contribution < -0.4 is 10.9 Å². The molecule has 0 saturated heterocycles. The van der Waals surface area contributed by atoms with Crippen LogP contribution in [0, 0.1) is 0 Å². The summed E-state index contributed by atoms with van der Waals surface area (Å²) < 4.78 is 1.83. The van der Waals surface area contributed by atoms with Crippen molar-refractivity contribution in [3.63, 3.8) is 0 Å². The average Bonchev–Trinajstić information content (AvgIpc) is 3.04. The highest BCUT2D eigenvalue weighted by Gasteiger charge is 2.22. The number of benzene rings is 1. The van der Waals surface area contributed by atoms with Gasteiger partial charge in [-0.2, -0.15) is 0 Å². The molecule has 4 rings (SSSR count). The van der Waals surface area contributed by atoms with Gasteiger partial charge in [0.2, 0.25) is 5.95 Å². The van der Waals surface area contributed by atoms with Crippen LogP contribution in [0.15, 0.2) is 35.1 Å². The van der Waals surface area contributed by atoms with Crippen molar-refractivity contribution in [2.45, 2.75) is 52.0 Å². The molecule has 0 spiro atoms. The largest absolute Gasteiger partial charge is 0.356 e. The second-order valence-corrected chi connectivity index (χ2v) is 8.07. The molecule has 5 heteroatoms. The molecule has 0 aliphatic heterocycles. The molecule has 26 heavy (non-hydrogen) atoms. The molecule has 1 N–H and O–H groups in total. The molecule has 1 aromatic carbocycles. The van der Waals surface area contributed by atoms with E-state index in [9.17, 15) is 4.79 Å². The van der Waals surface area contributed by atoms with Gasteiger partial charge in [0, 0.05) is 11.4 Å². The number of nitrogens with one attached hydrogen (secondary N) is 1. The van der Waals surface area contributed by atoms with Crippen molar-refractivity contribution in [3.05, 3.63) is 56.7 Å². The van der Waals surface area contributed by atoms with Crippen LogP contribution in [-0.4, -0.2) is 16.1 Å². The quantitative estimate of drug-likeness (QED) is 0.648. The van der Waals surface area contributed by atoms with Crippen LogP contribution in [-0.2, 0) is 19.4 Å². The van der Waals surface area contributed by atoms with Gasteiger partial charge >= 0.3 is 0 Å². The molecule has 1 aliphatic rings. The lowest BCUT2D eigenvalue weighted by Gasteiger charge is -2.15. The van der Waals surface area contributed by atoms with Crippen molar-refractivity contribution in [1.82, 2.24) is 9.55 Å². The second-order valence-electron chi connectivity index (χ2n) is 6.98. The first kappa shape index (κ1) is 17.3. The van der Waals surface area contributed by atoms with Crippen molar-refractivity contribution < 1.29 is 0 Å². The molecule has 136 valence electrons. The Balaban J connectivity index is 1.83. The van der Waals surface area contributed by atoms with E-state index in [2.05, 4.69) is 24.4 Å². The molecule has 1 aliphatic carbocycles. The molecule has 0 bridgehead atoms. The molecular weight excluding hydrogens is 342 g/mol. The van der Waals surface area contributed by atoms with Crippen LogP contribution in [0.3, 0.4) is 0 Å². The number of fused-ring (bicyclic) bond motifs is 3.